The molecule has 2 aromatic rings. The number of nitrogens with one attached hydrogen (secondary N) is 1. The number of hydrogen-bond acceptors (Lipinski definition) is 4. The molecule has 2 heterocycles. The number of rotatable bonds is 4. The van der Waals surface area contributed by atoms with E-state index < -0.39 is 0 Å². The molecule has 5 heteroatoms. The fraction of sp³-hybridized carbons (Fsp3) is 0.250. The van der Waals surface area contributed by atoms with Crippen molar-refractivity contribution in [2.24, 2.45) is 0 Å². The molecule has 3 N–H and O–H groups in total. The first kappa shape index (κ1) is 11.7. The van der Waals surface area contributed by atoms with E-state index in [-0.39, 0.29) is 5.56 Å². The first-order valence-electron chi connectivity index (χ1n) is 5.47. The number of thiophene rings is 1. The van der Waals surface area contributed by atoms with Crippen LogP contribution in [0.25, 0.3) is 0 Å². The molecule has 0 spiro atoms. The van der Waals surface area contributed by atoms with Crippen molar-refractivity contribution in [1.29, 1.82) is 0 Å². The first-order valence-corrected chi connectivity index (χ1v) is 6.35. The van der Waals surface area contributed by atoms with Gasteiger partial charge < -0.3 is 15.6 Å². The van der Waals surface area contributed by atoms with Crippen molar-refractivity contribution in [1.82, 2.24) is 4.57 Å². The SMILES string of the molecule is CCn1cc(NCc2sccc2N)ccc1=O. The van der Waals surface area contributed by atoms with Gasteiger partial charge in [-0.3, -0.25) is 4.79 Å². The maximum Gasteiger partial charge on any atom is 0.250 e. The minimum Gasteiger partial charge on any atom is -0.398 e. The van der Waals surface area contributed by atoms with E-state index in [1.807, 2.05) is 24.6 Å². The van der Waals surface area contributed by atoms with Gasteiger partial charge in [0.15, 0.2) is 0 Å². The highest BCUT2D eigenvalue weighted by Crippen LogP contribution is 2.19. The minimum absolute atomic E-state index is 0.0219. The molecule has 2 aromatic heterocycles. The number of anilines is 2. The zero-order chi connectivity index (χ0) is 12.3. The summed E-state index contributed by atoms with van der Waals surface area (Å²) in [5.74, 6) is 0. The van der Waals surface area contributed by atoms with Crippen molar-refractivity contribution in [3.63, 3.8) is 0 Å². The Morgan fingerprint density at radius 1 is 1.41 bits per heavy atom. The Morgan fingerprint density at radius 3 is 2.88 bits per heavy atom. The predicted octanol–water partition coefficient (Wildman–Crippen LogP) is 2.12. The molecule has 0 unspecified atom stereocenters. The van der Waals surface area contributed by atoms with Gasteiger partial charge in [-0.15, -0.1) is 11.3 Å². The van der Waals surface area contributed by atoms with E-state index in [9.17, 15) is 4.79 Å². The summed E-state index contributed by atoms with van der Waals surface area (Å²) in [5, 5.41) is 5.23. The molecule has 17 heavy (non-hydrogen) atoms. The van der Waals surface area contributed by atoms with E-state index in [1.165, 1.54) is 0 Å². The summed E-state index contributed by atoms with van der Waals surface area (Å²) in [7, 11) is 0. The second-order valence-corrected chi connectivity index (χ2v) is 4.70. The highest BCUT2D eigenvalue weighted by Gasteiger charge is 2.01. The Bertz CT molecular complexity index is 559. The van der Waals surface area contributed by atoms with Gasteiger partial charge in [-0.2, -0.15) is 0 Å². The van der Waals surface area contributed by atoms with Crippen LogP contribution >= 0.6 is 11.3 Å². The van der Waals surface area contributed by atoms with Crippen molar-refractivity contribution in [3.05, 3.63) is 45.0 Å². The first-order chi connectivity index (χ1) is 8.20. The Labute approximate surface area is 104 Å². The van der Waals surface area contributed by atoms with Crippen molar-refractivity contribution in [3.8, 4) is 0 Å². The Balaban J connectivity index is 2.09. The summed E-state index contributed by atoms with van der Waals surface area (Å²) in [6, 6.07) is 5.26. The van der Waals surface area contributed by atoms with E-state index >= 15 is 0 Å². The number of nitrogens with zero attached hydrogens (tertiary/aromatic N) is 1. The van der Waals surface area contributed by atoms with Crippen LogP contribution in [0.1, 0.15) is 11.8 Å². The number of pyridine rings is 1. The fourth-order valence-electron chi connectivity index (χ4n) is 1.56. The number of aryl methyl sites for hydroxylation is 1. The Hall–Kier alpha value is -1.75. The van der Waals surface area contributed by atoms with E-state index in [2.05, 4.69) is 5.32 Å². The molecule has 0 amide bonds. The van der Waals surface area contributed by atoms with Crippen molar-refractivity contribution in [2.45, 2.75) is 20.0 Å². The van der Waals surface area contributed by atoms with Crippen molar-refractivity contribution < 1.29 is 0 Å². The molecule has 0 saturated carbocycles. The lowest BCUT2D eigenvalue weighted by molar-refractivity contribution is 0.728. The van der Waals surface area contributed by atoms with Gasteiger partial charge in [-0.1, -0.05) is 0 Å². The smallest absolute Gasteiger partial charge is 0.250 e. The third kappa shape index (κ3) is 2.68. The zero-order valence-electron chi connectivity index (χ0n) is 9.64. The molecule has 0 radical (unpaired) electrons. The third-order valence-corrected chi connectivity index (χ3v) is 3.49. The van der Waals surface area contributed by atoms with Gasteiger partial charge in [-0.05, 0) is 24.4 Å². The molecule has 0 fully saturated rings. The molecule has 90 valence electrons. The number of nitrogen functional groups attached to an aromatic ring is 1. The summed E-state index contributed by atoms with van der Waals surface area (Å²) in [4.78, 5) is 12.5. The zero-order valence-corrected chi connectivity index (χ0v) is 10.5. The molecule has 0 aromatic carbocycles. The monoisotopic (exact) mass is 249 g/mol. The fourth-order valence-corrected chi connectivity index (χ4v) is 2.30. The predicted molar refractivity (Wildman–Crippen MR) is 72.4 cm³/mol. The molecular formula is C12H15N3OS. The van der Waals surface area contributed by atoms with Crippen molar-refractivity contribution in [2.75, 3.05) is 11.1 Å². The number of aromatic nitrogens is 1. The van der Waals surface area contributed by atoms with Gasteiger partial charge in [0.25, 0.3) is 5.56 Å². The van der Waals surface area contributed by atoms with E-state index in [0.717, 1.165) is 16.3 Å². The maximum atomic E-state index is 11.4. The summed E-state index contributed by atoms with van der Waals surface area (Å²) < 4.78 is 1.67. The lowest BCUT2D eigenvalue weighted by atomic mass is 10.3. The van der Waals surface area contributed by atoms with Crippen LogP contribution in [-0.4, -0.2) is 4.57 Å². The molecule has 0 atom stereocenters. The van der Waals surface area contributed by atoms with Crippen LogP contribution in [0.3, 0.4) is 0 Å². The van der Waals surface area contributed by atoms with Gasteiger partial charge in [0, 0.05) is 29.4 Å². The summed E-state index contributed by atoms with van der Waals surface area (Å²) >= 11 is 1.63. The molecule has 0 aliphatic heterocycles. The third-order valence-electron chi connectivity index (χ3n) is 2.56. The normalized spacial score (nSPS) is 10.4. The molecule has 0 aliphatic carbocycles. The van der Waals surface area contributed by atoms with Crippen LogP contribution in [0.5, 0.6) is 0 Å². The van der Waals surface area contributed by atoms with Gasteiger partial charge in [0.05, 0.1) is 12.2 Å². The highest BCUT2D eigenvalue weighted by molar-refractivity contribution is 7.10. The van der Waals surface area contributed by atoms with E-state index in [4.69, 9.17) is 5.73 Å². The van der Waals surface area contributed by atoms with Crippen molar-refractivity contribution >= 4 is 22.7 Å². The topological polar surface area (TPSA) is 60.1 Å². The summed E-state index contributed by atoms with van der Waals surface area (Å²) in [6.07, 6.45) is 1.83. The lowest BCUT2D eigenvalue weighted by Crippen LogP contribution is -2.17. The van der Waals surface area contributed by atoms with E-state index in [1.54, 1.807) is 28.0 Å². The Kier molecular flexibility index (Phi) is 3.49. The largest absolute Gasteiger partial charge is 0.398 e. The standard InChI is InChI=1S/C12H15N3OS/c1-2-15-8-9(3-4-12(15)16)14-7-11-10(13)5-6-17-11/h3-6,8,14H,2,7,13H2,1H3. The van der Waals surface area contributed by atoms with Gasteiger partial charge in [-0.25, -0.2) is 0 Å². The van der Waals surface area contributed by atoms with Crippen LogP contribution in [-0.2, 0) is 13.1 Å². The minimum atomic E-state index is 0.0219. The maximum absolute atomic E-state index is 11.4. The average molecular weight is 249 g/mol. The van der Waals surface area contributed by atoms with Gasteiger partial charge >= 0.3 is 0 Å². The van der Waals surface area contributed by atoms with Crippen LogP contribution in [0.4, 0.5) is 11.4 Å². The quantitative estimate of drug-likeness (QED) is 0.872. The Morgan fingerprint density at radius 2 is 2.24 bits per heavy atom. The summed E-state index contributed by atoms with van der Waals surface area (Å²) in [5.41, 5.74) is 7.56. The number of hydrogen-bond donors (Lipinski definition) is 2. The van der Waals surface area contributed by atoms with Crippen LogP contribution < -0.4 is 16.6 Å². The van der Waals surface area contributed by atoms with Crippen LogP contribution in [0, 0.1) is 0 Å². The summed E-state index contributed by atoms with van der Waals surface area (Å²) in [6.45, 7) is 3.31. The molecule has 4 nitrogen and oxygen atoms in total. The highest BCUT2D eigenvalue weighted by atomic mass is 32.1. The van der Waals surface area contributed by atoms with E-state index in [0.29, 0.717) is 13.1 Å². The molecule has 0 saturated heterocycles. The molecule has 2 rings (SSSR count). The second-order valence-electron chi connectivity index (χ2n) is 3.69. The van der Waals surface area contributed by atoms with Gasteiger partial charge in [0.2, 0.25) is 0 Å². The number of nitrogens with two attached hydrogens (primary N) is 1. The molecule has 0 aliphatic rings. The molecular weight excluding hydrogens is 234 g/mol. The second kappa shape index (κ2) is 5.05. The van der Waals surface area contributed by atoms with Gasteiger partial charge in [0.1, 0.15) is 0 Å². The molecule has 0 bridgehead atoms. The van der Waals surface area contributed by atoms with Crippen LogP contribution in [0.15, 0.2) is 34.6 Å². The lowest BCUT2D eigenvalue weighted by Gasteiger charge is -2.08. The average Bonchev–Trinajstić information content (AvgIpc) is 2.74. The van der Waals surface area contributed by atoms with Crippen LogP contribution in [0.2, 0.25) is 0 Å².